The van der Waals surface area contributed by atoms with Gasteiger partial charge in [0, 0.05) is 30.7 Å². The Morgan fingerprint density at radius 3 is 2.73 bits per heavy atom. The zero-order valence-corrected chi connectivity index (χ0v) is 17.2. The van der Waals surface area contributed by atoms with E-state index in [9.17, 15) is 14.3 Å². The van der Waals surface area contributed by atoms with Crippen molar-refractivity contribution in [1.29, 1.82) is 0 Å². The SMILES string of the molecule is O=C(c1cccc(O)c1)N1C[C@H]2C[C@@H](C1)[C@H](Cc1cccc(F)c1)N1CCCC[C@@H]21. The number of benzene rings is 2. The van der Waals surface area contributed by atoms with Crippen molar-refractivity contribution in [2.24, 2.45) is 11.8 Å². The Hall–Kier alpha value is -2.40. The van der Waals surface area contributed by atoms with E-state index in [0.717, 1.165) is 38.0 Å². The fourth-order valence-electron chi connectivity index (χ4n) is 6.08. The zero-order valence-electron chi connectivity index (χ0n) is 17.2. The average Bonchev–Trinajstić information content (AvgIpc) is 2.76. The van der Waals surface area contributed by atoms with E-state index in [1.54, 1.807) is 36.4 Å². The zero-order chi connectivity index (χ0) is 20.7. The number of piperidine rings is 3. The third kappa shape index (κ3) is 3.71. The predicted octanol–water partition coefficient (Wildman–Crippen LogP) is 4.09. The van der Waals surface area contributed by atoms with Gasteiger partial charge in [-0.05, 0) is 80.0 Å². The van der Waals surface area contributed by atoms with Crippen LogP contribution < -0.4 is 0 Å². The molecular formula is C25H29FN2O2. The van der Waals surface area contributed by atoms with E-state index in [-0.39, 0.29) is 17.5 Å². The van der Waals surface area contributed by atoms with Gasteiger partial charge in [0.2, 0.25) is 0 Å². The molecule has 3 fully saturated rings. The van der Waals surface area contributed by atoms with Crippen molar-refractivity contribution < 1.29 is 14.3 Å². The molecule has 158 valence electrons. The second-order valence-corrected chi connectivity index (χ2v) is 9.22. The monoisotopic (exact) mass is 408 g/mol. The van der Waals surface area contributed by atoms with Gasteiger partial charge in [-0.25, -0.2) is 4.39 Å². The van der Waals surface area contributed by atoms with Crippen LogP contribution in [0.5, 0.6) is 5.75 Å². The van der Waals surface area contributed by atoms with Crippen molar-refractivity contribution in [3.63, 3.8) is 0 Å². The Kier molecular flexibility index (Phi) is 5.23. The minimum Gasteiger partial charge on any atom is -0.508 e. The number of halogens is 1. The van der Waals surface area contributed by atoms with Gasteiger partial charge in [-0.15, -0.1) is 0 Å². The smallest absolute Gasteiger partial charge is 0.254 e. The Balaban J connectivity index is 1.41. The first-order valence-electron chi connectivity index (χ1n) is 11.2. The van der Waals surface area contributed by atoms with E-state index < -0.39 is 0 Å². The average molecular weight is 409 g/mol. The van der Waals surface area contributed by atoms with Gasteiger partial charge in [-0.2, -0.15) is 0 Å². The van der Waals surface area contributed by atoms with Crippen LogP contribution in [0.25, 0.3) is 0 Å². The summed E-state index contributed by atoms with van der Waals surface area (Å²) in [5.41, 5.74) is 1.59. The third-order valence-electron chi connectivity index (χ3n) is 7.34. The maximum Gasteiger partial charge on any atom is 0.254 e. The van der Waals surface area contributed by atoms with Crippen LogP contribution >= 0.6 is 0 Å². The maximum atomic E-state index is 13.8. The first-order valence-corrected chi connectivity index (χ1v) is 11.2. The standard InChI is InChI=1S/C25H29FN2O2/c26-21-7-3-5-17(11-21)12-24-20-13-19(23-9-1-2-10-28(23)24)15-27(16-20)25(30)18-6-4-8-22(29)14-18/h3-8,11,14,19-20,23-24,29H,1-2,9-10,12-13,15-16H2/t19-,20+,23+,24+/m1/s1. The van der Waals surface area contributed by atoms with Crippen LogP contribution in [0.2, 0.25) is 0 Å². The van der Waals surface area contributed by atoms with E-state index in [0.29, 0.717) is 29.5 Å². The largest absolute Gasteiger partial charge is 0.508 e. The number of likely N-dealkylation sites (tertiary alicyclic amines) is 1. The lowest BCUT2D eigenvalue weighted by Crippen LogP contribution is -2.64. The Labute approximate surface area is 177 Å². The van der Waals surface area contributed by atoms with Crippen LogP contribution in [-0.4, -0.2) is 52.5 Å². The molecule has 3 saturated heterocycles. The first-order chi connectivity index (χ1) is 14.6. The molecule has 0 unspecified atom stereocenters. The molecule has 0 radical (unpaired) electrons. The molecule has 4 nitrogen and oxygen atoms in total. The van der Waals surface area contributed by atoms with Crippen molar-refractivity contribution in [2.75, 3.05) is 19.6 Å². The summed E-state index contributed by atoms with van der Waals surface area (Å²) < 4.78 is 13.8. The summed E-state index contributed by atoms with van der Waals surface area (Å²) in [6.45, 7) is 2.63. The number of amides is 1. The van der Waals surface area contributed by atoms with Gasteiger partial charge in [0.05, 0.1) is 0 Å². The van der Waals surface area contributed by atoms with Crippen molar-refractivity contribution in [1.82, 2.24) is 9.80 Å². The van der Waals surface area contributed by atoms with Crippen LogP contribution in [0.15, 0.2) is 48.5 Å². The number of rotatable bonds is 3. The van der Waals surface area contributed by atoms with Crippen LogP contribution in [0.3, 0.4) is 0 Å². The number of fused-ring (bicyclic) bond motifs is 4. The van der Waals surface area contributed by atoms with Crippen molar-refractivity contribution in [3.8, 4) is 5.75 Å². The van der Waals surface area contributed by atoms with Crippen LogP contribution in [0.4, 0.5) is 4.39 Å². The highest BCUT2D eigenvalue weighted by Gasteiger charge is 2.47. The highest BCUT2D eigenvalue weighted by molar-refractivity contribution is 5.94. The molecular weight excluding hydrogens is 379 g/mol. The second-order valence-electron chi connectivity index (χ2n) is 9.22. The van der Waals surface area contributed by atoms with E-state index >= 15 is 0 Å². The van der Waals surface area contributed by atoms with Crippen molar-refractivity contribution in [2.45, 2.75) is 44.2 Å². The Bertz CT molecular complexity index is 933. The number of hydrogen-bond donors (Lipinski definition) is 1. The van der Waals surface area contributed by atoms with E-state index in [2.05, 4.69) is 4.90 Å². The molecule has 4 atom stereocenters. The number of hydrogen-bond acceptors (Lipinski definition) is 3. The molecule has 3 aliphatic rings. The molecule has 1 N–H and O–H groups in total. The van der Waals surface area contributed by atoms with Gasteiger partial charge in [0.1, 0.15) is 11.6 Å². The second kappa shape index (κ2) is 8.03. The quantitative estimate of drug-likeness (QED) is 0.832. The number of nitrogens with zero attached hydrogens (tertiary/aromatic N) is 2. The van der Waals surface area contributed by atoms with Gasteiger partial charge in [-0.1, -0.05) is 24.6 Å². The first kappa shape index (κ1) is 19.6. The molecule has 0 aromatic heterocycles. The van der Waals surface area contributed by atoms with Crippen LogP contribution in [-0.2, 0) is 6.42 Å². The minimum atomic E-state index is -0.180. The van der Waals surface area contributed by atoms with Gasteiger partial charge in [0.25, 0.3) is 5.91 Å². The lowest BCUT2D eigenvalue weighted by molar-refractivity contribution is -0.0642. The van der Waals surface area contributed by atoms with Crippen LogP contribution in [0, 0.1) is 17.7 Å². The molecule has 3 heterocycles. The van der Waals surface area contributed by atoms with Crippen LogP contribution in [0.1, 0.15) is 41.6 Å². The van der Waals surface area contributed by atoms with E-state index in [1.807, 2.05) is 11.0 Å². The molecule has 2 aromatic carbocycles. The molecule has 30 heavy (non-hydrogen) atoms. The molecule has 2 aromatic rings. The molecule has 3 aliphatic heterocycles. The summed E-state index contributed by atoms with van der Waals surface area (Å²) >= 11 is 0. The van der Waals surface area contributed by atoms with Gasteiger partial charge >= 0.3 is 0 Å². The number of aromatic hydroxyl groups is 1. The summed E-state index contributed by atoms with van der Waals surface area (Å²) in [5.74, 6) is 0.840. The van der Waals surface area contributed by atoms with Crippen molar-refractivity contribution >= 4 is 5.91 Å². The summed E-state index contributed by atoms with van der Waals surface area (Å²) in [6, 6.07) is 14.5. The minimum absolute atomic E-state index is 0.00867. The predicted molar refractivity (Wildman–Crippen MR) is 114 cm³/mol. The number of carbonyl (C=O) groups excluding carboxylic acids is 1. The number of phenolic OH excluding ortho intramolecular Hbond substituents is 1. The van der Waals surface area contributed by atoms with Gasteiger partial charge < -0.3 is 10.0 Å². The molecule has 2 bridgehead atoms. The van der Waals surface area contributed by atoms with Gasteiger partial charge in [-0.3, -0.25) is 9.69 Å². The summed E-state index contributed by atoms with van der Waals surface area (Å²) in [5, 5.41) is 9.80. The molecule has 0 aliphatic carbocycles. The topological polar surface area (TPSA) is 43.8 Å². The lowest BCUT2D eigenvalue weighted by atomic mass is 9.71. The molecule has 0 saturated carbocycles. The summed E-state index contributed by atoms with van der Waals surface area (Å²) in [7, 11) is 0. The molecule has 5 rings (SSSR count). The lowest BCUT2D eigenvalue weighted by Gasteiger charge is -2.57. The Morgan fingerprint density at radius 2 is 1.90 bits per heavy atom. The third-order valence-corrected chi connectivity index (χ3v) is 7.34. The molecule has 1 amide bonds. The van der Waals surface area contributed by atoms with Gasteiger partial charge in [0.15, 0.2) is 0 Å². The number of phenols is 1. The molecule has 0 spiro atoms. The number of carbonyl (C=O) groups is 1. The summed E-state index contributed by atoms with van der Waals surface area (Å²) in [6.07, 6.45) is 5.63. The van der Waals surface area contributed by atoms with E-state index in [4.69, 9.17) is 0 Å². The maximum absolute atomic E-state index is 13.8. The normalized spacial score (nSPS) is 28.8. The fraction of sp³-hybridized carbons (Fsp3) is 0.480. The van der Waals surface area contributed by atoms with E-state index in [1.165, 1.54) is 25.3 Å². The molecule has 5 heteroatoms. The highest BCUT2D eigenvalue weighted by Crippen LogP contribution is 2.42. The fourth-order valence-corrected chi connectivity index (χ4v) is 6.08. The van der Waals surface area contributed by atoms with Crippen molar-refractivity contribution in [3.05, 3.63) is 65.5 Å². The highest BCUT2D eigenvalue weighted by atomic mass is 19.1. The Morgan fingerprint density at radius 1 is 1.07 bits per heavy atom. The summed E-state index contributed by atoms with van der Waals surface area (Å²) in [4.78, 5) is 17.9.